The lowest BCUT2D eigenvalue weighted by molar-refractivity contribution is 0.0950. The molecule has 2 aromatic carbocycles. The van der Waals surface area contributed by atoms with Crippen LogP contribution in [0.3, 0.4) is 0 Å². The normalized spacial score (nSPS) is 10.8. The molecule has 0 aliphatic carbocycles. The molecule has 1 amide bonds. The Labute approximate surface area is 169 Å². The van der Waals surface area contributed by atoms with E-state index in [1.165, 1.54) is 0 Å². The highest BCUT2D eigenvalue weighted by Crippen LogP contribution is 2.20. The summed E-state index contributed by atoms with van der Waals surface area (Å²) >= 11 is 0. The molecule has 0 saturated heterocycles. The highest BCUT2D eigenvalue weighted by atomic mass is 16.5. The number of para-hydroxylation sites is 1. The number of ether oxygens (including phenoxy) is 1. The maximum Gasteiger partial charge on any atom is 0.272 e. The van der Waals surface area contributed by atoms with Crippen molar-refractivity contribution >= 4 is 16.8 Å². The van der Waals surface area contributed by atoms with E-state index < -0.39 is 0 Å². The van der Waals surface area contributed by atoms with Crippen LogP contribution in [0.2, 0.25) is 0 Å². The molecule has 4 aromatic rings. The summed E-state index contributed by atoms with van der Waals surface area (Å²) in [6.07, 6.45) is 4.28. The number of benzene rings is 2. The molecule has 0 saturated carbocycles. The Kier molecular flexibility index (Phi) is 5.52. The second-order valence-corrected chi connectivity index (χ2v) is 6.74. The standard InChI is InChI=1S/C23H22N4O2/c1-29-19-10-8-18(9-11-19)16-27-21-7-3-2-6-20(21)22(26-27)23(28)25-14-12-17-5-4-13-24-15-17/h2-11,13,15H,12,14,16H2,1H3,(H,25,28). The van der Waals surface area contributed by atoms with Crippen LogP contribution in [0.5, 0.6) is 5.75 Å². The zero-order valence-corrected chi connectivity index (χ0v) is 16.2. The predicted molar refractivity (Wildman–Crippen MR) is 112 cm³/mol. The van der Waals surface area contributed by atoms with Gasteiger partial charge in [0.1, 0.15) is 5.75 Å². The van der Waals surface area contributed by atoms with Gasteiger partial charge in [-0.25, -0.2) is 0 Å². The van der Waals surface area contributed by atoms with Crippen LogP contribution < -0.4 is 10.1 Å². The zero-order valence-electron chi connectivity index (χ0n) is 16.2. The molecule has 0 aliphatic rings. The molecule has 4 rings (SSSR count). The van der Waals surface area contributed by atoms with E-state index in [0.29, 0.717) is 18.8 Å². The summed E-state index contributed by atoms with van der Waals surface area (Å²) in [5.41, 5.74) is 3.55. The van der Waals surface area contributed by atoms with Crippen molar-refractivity contribution < 1.29 is 9.53 Å². The quantitative estimate of drug-likeness (QED) is 0.528. The van der Waals surface area contributed by atoms with E-state index >= 15 is 0 Å². The summed E-state index contributed by atoms with van der Waals surface area (Å²) in [6, 6.07) is 19.5. The molecule has 0 fully saturated rings. The van der Waals surface area contributed by atoms with Crippen LogP contribution in [-0.4, -0.2) is 34.3 Å². The van der Waals surface area contributed by atoms with Crippen LogP contribution in [0.4, 0.5) is 0 Å². The first-order valence-corrected chi connectivity index (χ1v) is 9.50. The van der Waals surface area contributed by atoms with E-state index in [1.54, 1.807) is 13.3 Å². The van der Waals surface area contributed by atoms with E-state index in [9.17, 15) is 4.79 Å². The first-order chi connectivity index (χ1) is 14.2. The van der Waals surface area contributed by atoms with E-state index in [4.69, 9.17) is 4.74 Å². The van der Waals surface area contributed by atoms with Gasteiger partial charge in [0, 0.05) is 24.3 Å². The fraction of sp³-hybridized carbons (Fsp3) is 0.174. The van der Waals surface area contributed by atoms with Gasteiger partial charge in [0.25, 0.3) is 5.91 Å². The number of carbonyl (C=O) groups is 1. The summed E-state index contributed by atoms with van der Waals surface area (Å²) < 4.78 is 7.08. The molecule has 0 unspecified atom stereocenters. The highest BCUT2D eigenvalue weighted by molar-refractivity contribution is 6.04. The number of carbonyl (C=O) groups excluding carboxylic acids is 1. The Bertz CT molecular complexity index is 1100. The fourth-order valence-corrected chi connectivity index (χ4v) is 3.27. The molecule has 0 spiro atoms. The van der Waals surface area contributed by atoms with Crippen molar-refractivity contribution in [3.8, 4) is 5.75 Å². The minimum absolute atomic E-state index is 0.168. The summed E-state index contributed by atoms with van der Waals surface area (Å²) in [5.74, 6) is 0.645. The Morgan fingerprint density at radius 3 is 2.62 bits per heavy atom. The van der Waals surface area contributed by atoms with E-state index in [0.717, 1.165) is 34.2 Å². The Morgan fingerprint density at radius 1 is 1.03 bits per heavy atom. The van der Waals surface area contributed by atoms with Gasteiger partial charge in [-0.15, -0.1) is 0 Å². The van der Waals surface area contributed by atoms with Crippen molar-refractivity contribution in [2.24, 2.45) is 0 Å². The van der Waals surface area contributed by atoms with Crippen molar-refractivity contribution in [3.05, 3.63) is 89.9 Å². The van der Waals surface area contributed by atoms with Crippen LogP contribution in [0.1, 0.15) is 21.6 Å². The third-order valence-electron chi connectivity index (χ3n) is 4.79. The molecule has 6 nitrogen and oxygen atoms in total. The number of nitrogens with one attached hydrogen (secondary N) is 1. The lowest BCUT2D eigenvalue weighted by atomic mass is 10.2. The summed E-state index contributed by atoms with van der Waals surface area (Å²) in [5, 5.41) is 8.43. The minimum atomic E-state index is -0.168. The molecule has 0 atom stereocenters. The average Bonchev–Trinajstić information content (AvgIpc) is 3.14. The summed E-state index contributed by atoms with van der Waals surface area (Å²) in [7, 11) is 1.65. The summed E-state index contributed by atoms with van der Waals surface area (Å²) in [6.45, 7) is 1.11. The fourth-order valence-electron chi connectivity index (χ4n) is 3.27. The highest BCUT2D eigenvalue weighted by Gasteiger charge is 2.16. The Morgan fingerprint density at radius 2 is 1.86 bits per heavy atom. The second kappa shape index (κ2) is 8.56. The first kappa shape index (κ1) is 18.7. The lowest BCUT2D eigenvalue weighted by Crippen LogP contribution is -2.26. The van der Waals surface area contributed by atoms with Crippen LogP contribution in [0.25, 0.3) is 10.9 Å². The number of rotatable bonds is 7. The van der Waals surface area contributed by atoms with Crippen LogP contribution in [0, 0.1) is 0 Å². The van der Waals surface area contributed by atoms with Gasteiger partial charge in [-0.1, -0.05) is 36.4 Å². The molecular weight excluding hydrogens is 364 g/mol. The number of nitrogens with zero attached hydrogens (tertiary/aromatic N) is 3. The summed E-state index contributed by atoms with van der Waals surface area (Å²) in [4.78, 5) is 16.9. The molecule has 0 radical (unpaired) electrons. The molecule has 2 heterocycles. The van der Waals surface area contributed by atoms with Crippen molar-refractivity contribution in [1.29, 1.82) is 0 Å². The lowest BCUT2D eigenvalue weighted by Gasteiger charge is -2.05. The molecular formula is C23H22N4O2. The van der Waals surface area contributed by atoms with Crippen molar-refractivity contribution in [3.63, 3.8) is 0 Å². The maximum absolute atomic E-state index is 12.8. The number of amides is 1. The van der Waals surface area contributed by atoms with Crippen molar-refractivity contribution in [2.75, 3.05) is 13.7 Å². The molecule has 6 heteroatoms. The number of aromatic nitrogens is 3. The average molecular weight is 386 g/mol. The van der Waals surface area contributed by atoms with Gasteiger partial charge in [0.15, 0.2) is 5.69 Å². The smallest absolute Gasteiger partial charge is 0.272 e. The van der Waals surface area contributed by atoms with Crippen LogP contribution >= 0.6 is 0 Å². The van der Waals surface area contributed by atoms with Gasteiger partial charge < -0.3 is 10.1 Å². The molecule has 2 aromatic heterocycles. The molecule has 0 aliphatic heterocycles. The topological polar surface area (TPSA) is 69.0 Å². The van der Waals surface area contributed by atoms with Gasteiger partial charge in [-0.3, -0.25) is 14.5 Å². The van der Waals surface area contributed by atoms with Crippen LogP contribution in [-0.2, 0) is 13.0 Å². The van der Waals surface area contributed by atoms with Crippen LogP contribution in [0.15, 0.2) is 73.1 Å². The largest absolute Gasteiger partial charge is 0.497 e. The van der Waals surface area contributed by atoms with E-state index in [-0.39, 0.29) is 5.91 Å². The van der Waals surface area contributed by atoms with Gasteiger partial charge in [0.05, 0.1) is 19.2 Å². The SMILES string of the molecule is COc1ccc(Cn2nc(C(=O)NCCc3cccnc3)c3ccccc32)cc1. The number of hydrogen-bond acceptors (Lipinski definition) is 4. The molecule has 0 bridgehead atoms. The van der Waals surface area contributed by atoms with Gasteiger partial charge in [-0.05, 0) is 41.8 Å². The monoisotopic (exact) mass is 386 g/mol. The minimum Gasteiger partial charge on any atom is -0.497 e. The van der Waals surface area contributed by atoms with Crippen molar-refractivity contribution in [1.82, 2.24) is 20.1 Å². The Balaban J connectivity index is 1.52. The molecule has 29 heavy (non-hydrogen) atoms. The Hall–Kier alpha value is -3.67. The second-order valence-electron chi connectivity index (χ2n) is 6.74. The van der Waals surface area contributed by atoms with Gasteiger partial charge in [-0.2, -0.15) is 5.10 Å². The van der Waals surface area contributed by atoms with Gasteiger partial charge in [0.2, 0.25) is 0 Å². The number of hydrogen-bond donors (Lipinski definition) is 1. The third-order valence-corrected chi connectivity index (χ3v) is 4.79. The third kappa shape index (κ3) is 4.27. The number of pyridine rings is 1. The number of fused-ring (bicyclic) bond motifs is 1. The zero-order chi connectivity index (χ0) is 20.1. The molecule has 146 valence electrons. The van der Waals surface area contributed by atoms with Gasteiger partial charge >= 0.3 is 0 Å². The predicted octanol–water partition coefficient (Wildman–Crippen LogP) is 3.46. The maximum atomic E-state index is 12.8. The number of methoxy groups -OCH3 is 1. The van der Waals surface area contributed by atoms with E-state index in [1.807, 2.05) is 71.5 Å². The van der Waals surface area contributed by atoms with Crippen molar-refractivity contribution in [2.45, 2.75) is 13.0 Å². The van der Waals surface area contributed by atoms with E-state index in [2.05, 4.69) is 15.4 Å². The first-order valence-electron chi connectivity index (χ1n) is 9.50. The molecule has 1 N–H and O–H groups in total.